The summed E-state index contributed by atoms with van der Waals surface area (Å²) in [5, 5.41) is 3.20. The van der Waals surface area contributed by atoms with E-state index in [0.29, 0.717) is 31.5 Å². The number of allylic oxidation sites excluding steroid dienone is 1. The fraction of sp³-hybridized carbons (Fsp3) is 0.483. The molecule has 0 bridgehead atoms. The highest BCUT2D eigenvalue weighted by atomic mass is 16.5. The summed E-state index contributed by atoms with van der Waals surface area (Å²) in [6.07, 6.45) is 8.64. The zero-order valence-corrected chi connectivity index (χ0v) is 21.2. The van der Waals surface area contributed by atoms with E-state index in [-0.39, 0.29) is 5.91 Å². The molecule has 0 aliphatic heterocycles. The van der Waals surface area contributed by atoms with Crippen molar-refractivity contribution in [1.82, 2.24) is 5.32 Å². The Morgan fingerprint density at radius 3 is 2.47 bits per heavy atom. The van der Waals surface area contributed by atoms with Gasteiger partial charge in [0.25, 0.3) is 0 Å². The number of amides is 1. The van der Waals surface area contributed by atoms with Crippen LogP contribution in [0.2, 0.25) is 0 Å². The molecule has 34 heavy (non-hydrogen) atoms. The second-order valence-electron chi connectivity index (χ2n) is 10.4. The second-order valence-corrected chi connectivity index (χ2v) is 10.4. The van der Waals surface area contributed by atoms with Crippen LogP contribution in [0.3, 0.4) is 0 Å². The van der Waals surface area contributed by atoms with E-state index in [1.165, 1.54) is 6.42 Å². The molecule has 0 saturated carbocycles. The van der Waals surface area contributed by atoms with Crippen molar-refractivity contribution in [3.63, 3.8) is 0 Å². The zero-order chi connectivity index (χ0) is 24.6. The monoisotopic (exact) mass is 463 g/mol. The lowest BCUT2D eigenvalue weighted by atomic mass is 9.96. The van der Waals surface area contributed by atoms with Gasteiger partial charge in [-0.15, -0.1) is 0 Å². The van der Waals surface area contributed by atoms with Crippen molar-refractivity contribution >= 4 is 11.6 Å². The van der Waals surface area contributed by atoms with Crippen molar-refractivity contribution < 1.29 is 9.53 Å². The average Bonchev–Trinajstić information content (AvgIpc) is 2.82. The number of benzene rings is 2. The maximum absolute atomic E-state index is 12.7. The SMILES string of the molecule is CC(C)C[C@H](N)C(=O)NC(C)(C)CN(c1ccc(OCc2ccccc2)cc1)C1C=CCCC1. The molecule has 0 saturated heterocycles. The molecule has 0 spiro atoms. The Balaban J connectivity index is 1.71. The van der Waals surface area contributed by atoms with Gasteiger partial charge < -0.3 is 20.7 Å². The highest BCUT2D eigenvalue weighted by molar-refractivity contribution is 5.82. The Kier molecular flexibility index (Phi) is 9.17. The van der Waals surface area contributed by atoms with Crippen LogP contribution in [0.5, 0.6) is 5.75 Å². The van der Waals surface area contributed by atoms with Crippen LogP contribution in [0.4, 0.5) is 5.69 Å². The maximum atomic E-state index is 12.7. The first-order valence-corrected chi connectivity index (χ1v) is 12.5. The number of carbonyl (C=O) groups is 1. The summed E-state index contributed by atoms with van der Waals surface area (Å²) in [6.45, 7) is 9.55. The average molecular weight is 464 g/mol. The summed E-state index contributed by atoms with van der Waals surface area (Å²) >= 11 is 0. The summed E-state index contributed by atoms with van der Waals surface area (Å²) in [7, 11) is 0. The molecule has 1 amide bonds. The quantitative estimate of drug-likeness (QED) is 0.435. The second kappa shape index (κ2) is 12.1. The van der Waals surface area contributed by atoms with Gasteiger partial charge in [-0.2, -0.15) is 0 Å². The smallest absolute Gasteiger partial charge is 0.237 e. The predicted octanol–water partition coefficient (Wildman–Crippen LogP) is 5.45. The topological polar surface area (TPSA) is 67.6 Å². The molecule has 1 aliphatic rings. The molecular formula is C29H41N3O2. The van der Waals surface area contributed by atoms with Crippen LogP contribution in [0.15, 0.2) is 66.7 Å². The predicted molar refractivity (Wildman–Crippen MR) is 141 cm³/mol. The molecule has 5 nitrogen and oxygen atoms in total. The van der Waals surface area contributed by atoms with E-state index in [9.17, 15) is 4.79 Å². The van der Waals surface area contributed by atoms with Crippen LogP contribution in [0.1, 0.15) is 58.9 Å². The lowest BCUT2D eigenvalue weighted by molar-refractivity contribution is -0.124. The van der Waals surface area contributed by atoms with Crippen molar-refractivity contribution in [1.29, 1.82) is 0 Å². The van der Waals surface area contributed by atoms with Crippen LogP contribution < -0.4 is 20.7 Å². The van der Waals surface area contributed by atoms with Gasteiger partial charge in [0.05, 0.1) is 11.6 Å². The number of hydrogen-bond acceptors (Lipinski definition) is 4. The van der Waals surface area contributed by atoms with Crippen LogP contribution in [0, 0.1) is 5.92 Å². The fourth-order valence-electron chi connectivity index (χ4n) is 4.44. The van der Waals surface area contributed by atoms with Crippen LogP contribution in [-0.2, 0) is 11.4 Å². The third kappa shape index (κ3) is 7.91. The molecule has 0 radical (unpaired) electrons. The molecule has 0 aromatic heterocycles. The zero-order valence-electron chi connectivity index (χ0n) is 21.2. The molecule has 5 heteroatoms. The van der Waals surface area contributed by atoms with E-state index < -0.39 is 11.6 Å². The Hall–Kier alpha value is -2.79. The van der Waals surface area contributed by atoms with Crippen molar-refractivity contribution in [2.24, 2.45) is 11.7 Å². The van der Waals surface area contributed by atoms with Gasteiger partial charge in [0.15, 0.2) is 0 Å². The minimum atomic E-state index is -0.483. The molecule has 3 rings (SSSR count). The molecule has 1 aliphatic carbocycles. The number of carbonyl (C=O) groups excluding carboxylic acids is 1. The lowest BCUT2D eigenvalue weighted by Crippen LogP contribution is -2.57. The van der Waals surface area contributed by atoms with Gasteiger partial charge in [-0.25, -0.2) is 0 Å². The summed E-state index contributed by atoms with van der Waals surface area (Å²) < 4.78 is 5.98. The highest BCUT2D eigenvalue weighted by Crippen LogP contribution is 2.28. The number of hydrogen-bond donors (Lipinski definition) is 2. The molecule has 0 heterocycles. The normalized spacial score (nSPS) is 16.8. The van der Waals surface area contributed by atoms with E-state index in [0.717, 1.165) is 29.8 Å². The van der Waals surface area contributed by atoms with E-state index in [1.807, 2.05) is 30.3 Å². The molecular weight excluding hydrogens is 422 g/mol. The molecule has 3 N–H and O–H groups in total. The molecule has 184 valence electrons. The third-order valence-electron chi connectivity index (χ3n) is 6.14. The Bertz CT molecular complexity index is 922. The number of anilines is 1. The largest absolute Gasteiger partial charge is 0.489 e. The Morgan fingerprint density at radius 1 is 1.15 bits per heavy atom. The van der Waals surface area contributed by atoms with Gasteiger partial charge in [-0.3, -0.25) is 4.79 Å². The third-order valence-corrected chi connectivity index (χ3v) is 6.14. The molecule has 0 fully saturated rings. The number of ether oxygens (including phenoxy) is 1. The minimum Gasteiger partial charge on any atom is -0.489 e. The first-order chi connectivity index (χ1) is 16.2. The van der Waals surface area contributed by atoms with Crippen molar-refractivity contribution in [2.75, 3.05) is 11.4 Å². The van der Waals surface area contributed by atoms with Crippen LogP contribution >= 0.6 is 0 Å². The van der Waals surface area contributed by atoms with Gasteiger partial charge in [-0.1, -0.05) is 56.3 Å². The molecule has 2 atom stereocenters. The molecule has 2 aromatic rings. The van der Waals surface area contributed by atoms with Crippen LogP contribution in [0.25, 0.3) is 0 Å². The van der Waals surface area contributed by atoms with E-state index in [2.05, 4.69) is 74.3 Å². The van der Waals surface area contributed by atoms with Crippen molar-refractivity contribution in [3.8, 4) is 5.75 Å². The van der Waals surface area contributed by atoms with Crippen molar-refractivity contribution in [3.05, 3.63) is 72.3 Å². The first kappa shape index (κ1) is 25.8. The van der Waals surface area contributed by atoms with Crippen molar-refractivity contribution in [2.45, 2.75) is 77.6 Å². The summed E-state index contributed by atoms with van der Waals surface area (Å²) in [5.41, 5.74) is 7.98. The van der Waals surface area contributed by atoms with Gasteiger partial charge in [-0.05, 0) is 75.3 Å². The number of nitrogens with two attached hydrogens (primary N) is 1. The van der Waals surface area contributed by atoms with E-state index in [4.69, 9.17) is 10.5 Å². The lowest BCUT2D eigenvalue weighted by Gasteiger charge is -2.40. The number of nitrogens with zero attached hydrogens (tertiary/aromatic N) is 1. The molecule has 1 unspecified atom stereocenters. The number of nitrogens with one attached hydrogen (secondary N) is 1. The van der Waals surface area contributed by atoms with Crippen LogP contribution in [-0.4, -0.2) is 30.1 Å². The fourth-order valence-corrected chi connectivity index (χ4v) is 4.44. The highest BCUT2D eigenvalue weighted by Gasteiger charge is 2.29. The Labute approximate surface area is 205 Å². The standard InChI is InChI=1S/C29H41N3O2/c1-22(2)19-27(30)28(33)31-29(3,4)21-32(24-13-9-6-10-14-24)25-15-17-26(18-16-25)34-20-23-11-7-5-8-12-23/h5,7-9,11-13,15-18,22,24,27H,6,10,14,19-21,30H2,1-4H3,(H,31,33)/t24?,27-/m0/s1. The summed E-state index contributed by atoms with van der Waals surface area (Å²) in [6, 6.07) is 18.3. The number of rotatable bonds is 11. The summed E-state index contributed by atoms with van der Waals surface area (Å²) in [4.78, 5) is 15.1. The Morgan fingerprint density at radius 2 is 1.85 bits per heavy atom. The van der Waals surface area contributed by atoms with Gasteiger partial charge >= 0.3 is 0 Å². The minimum absolute atomic E-state index is 0.0810. The summed E-state index contributed by atoms with van der Waals surface area (Å²) in [5.74, 6) is 1.15. The maximum Gasteiger partial charge on any atom is 0.237 e. The van der Waals surface area contributed by atoms with Gasteiger partial charge in [0, 0.05) is 18.3 Å². The first-order valence-electron chi connectivity index (χ1n) is 12.5. The van der Waals surface area contributed by atoms with Gasteiger partial charge in [0.2, 0.25) is 5.91 Å². The van der Waals surface area contributed by atoms with E-state index >= 15 is 0 Å². The molecule has 2 aromatic carbocycles. The van der Waals surface area contributed by atoms with Gasteiger partial charge in [0.1, 0.15) is 12.4 Å². The van der Waals surface area contributed by atoms with E-state index in [1.54, 1.807) is 0 Å².